The van der Waals surface area contributed by atoms with E-state index < -0.39 is 5.25 Å². The van der Waals surface area contributed by atoms with Crippen molar-refractivity contribution in [2.75, 3.05) is 11.9 Å². The second kappa shape index (κ2) is 11.2. The van der Waals surface area contributed by atoms with Crippen LogP contribution in [0.1, 0.15) is 67.3 Å². The molecule has 1 N–H and O–H groups in total. The maximum atomic E-state index is 13.4. The number of hydrogen-bond donors (Lipinski definition) is 1. The predicted octanol–water partition coefficient (Wildman–Crippen LogP) is 6.02. The summed E-state index contributed by atoms with van der Waals surface area (Å²) >= 11 is 2.81. The largest absolute Gasteiger partial charge is 0.462 e. The molecular formula is C27H31N5O3S2. The Morgan fingerprint density at radius 1 is 1.16 bits per heavy atom. The third-order valence-electron chi connectivity index (χ3n) is 6.60. The van der Waals surface area contributed by atoms with E-state index in [1.807, 2.05) is 25.1 Å². The third kappa shape index (κ3) is 4.96. The van der Waals surface area contributed by atoms with Gasteiger partial charge in [0, 0.05) is 16.8 Å². The van der Waals surface area contributed by atoms with E-state index >= 15 is 0 Å². The van der Waals surface area contributed by atoms with Crippen LogP contribution in [-0.4, -0.2) is 43.5 Å². The fourth-order valence-corrected chi connectivity index (χ4v) is 7.00. The summed E-state index contributed by atoms with van der Waals surface area (Å²) in [5.74, 6) is -0.533. The highest BCUT2D eigenvalue weighted by Crippen LogP contribution is 2.39. The zero-order valence-corrected chi connectivity index (χ0v) is 23.0. The lowest BCUT2D eigenvalue weighted by molar-refractivity contribution is -0.115. The summed E-state index contributed by atoms with van der Waals surface area (Å²) in [6.45, 7) is 7.01. The van der Waals surface area contributed by atoms with Crippen molar-refractivity contribution in [2.24, 2.45) is 0 Å². The fourth-order valence-electron chi connectivity index (χ4n) is 4.90. The smallest absolute Gasteiger partial charge is 0.341 e. The number of hydrogen-bond acceptors (Lipinski definition) is 8. The minimum Gasteiger partial charge on any atom is -0.462 e. The molecule has 0 bridgehead atoms. The molecule has 8 nitrogen and oxygen atoms in total. The molecule has 3 heterocycles. The molecule has 0 saturated heterocycles. The maximum absolute atomic E-state index is 13.4. The highest BCUT2D eigenvalue weighted by Gasteiger charge is 2.29. The number of amides is 1. The first-order chi connectivity index (χ1) is 18.0. The van der Waals surface area contributed by atoms with E-state index in [0.29, 0.717) is 28.7 Å². The zero-order chi connectivity index (χ0) is 25.9. The van der Waals surface area contributed by atoms with Crippen LogP contribution in [0.5, 0.6) is 0 Å². The summed E-state index contributed by atoms with van der Waals surface area (Å²) in [6.07, 6.45) is 5.45. The number of benzene rings is 1. The molecule has 0 spiro atoms. The lowest BCUT2D eigenvalue weighted by Crippen LogP contribution is -2.25. The SMILES string of the molecule is CCCn1c2ccccc2c2nnc(S[C@H](CC)C(=O)Nc3sc4c(c3C(=O)OCC)CCCC4)nc21. The number of para-hydroxylation sites is 1. The molecule has 0 fully saturated rings. The van der Waals surface area contributed by atoms with Gasteiger partial charge in [0.2, 0.25) is 11.1 Å². The lowest BCUT2D eigenvalue weighted by atomic mass is 9.95. The van der Waals surface area contributed by atoms with Crippen LogP contribution in [-0.2, 0) is 28.9 Å². The van der Waals surface area contributed by atoms with E-state index in [4.69, 9.17) is 9.72 Å². The minimum atomic E-state index is -0.433. The van der Waals surface area contributed by atoms with E-state index in [9.17, 15) is 9.59 Å². The van der Waals surface area contributed by atoms with Gasteiger partial charge in [-0.25, -0.2) is 9.78 Å². The molecule has 10 heteroatoms. The number of thioether (sulfide) groups is 1. The van der Waals surface area contributed by atoms with Crippen molar-refractivity contribution < 1.29 is 14.3 Å². The van der Waals surface area contributed by atoms with E-state index in [1.54, 1.807) is 6.92 Å². The van der Waals surface area contributed by atoms with Gasteiger partial charge in [0.15, 0.2) is 5.65 Å². The Morgan fingerprint density at radius 2 is 1.97 bits per heavy atom. The van der Waals surface area contributed by atoms with Gasteiger partial charge in [-0.3, -0.25) is 4.79 Å². The van der Waals surface area contributed by atoms with Gasteiger partial charge in [-0.1, -0.05) is 43.8 Å². The Labute approximate surface area is 224 Å². The molecule has 5 rings (SSSR count). The first kappa shape index (κ1) is 25.7. The summed E-state index contributed by atoms with van der Waals surface area (Å²) in [7, 11) is 0. The van der Waals surface area contributed by atoms with Gasteiger partial charge in [-0.15, -0.1) is 21.5 Å². The van der Waals surface area contributed by atoms with Crippen LogP contribution in [0.3, 0.4) is 0 Å². The molecule has 0 radical (unpaired) electrons. The number of fused-ring (bicyclic) bond motifs is 4. The Kier molecular flexibility index (Phi) is 7.76. The van der Waals surface area contributed by atoms with Crippen LogP contribution in [0.15, 0.2) is 29.4 Å². The van der Waals surface area contributed by atoms with Gasteiger partial charge < -0.3 is 14.6 Å². The first-order valence-electron chi connectivity index (χ1n) is 13.0. The average Bonchev–Trinajstić information content (AvgIpc) is 3.42. The van der Waals surface area contributed by atoms with Crippen LogP contribution in [0, 0.1) is 0 Å². The number of rotatable bonds is 9. The van der Waals surface area contributed by atoms with Crippen LogP contribution < -0.4 is 5.32 Å². The molecule has 3 aromatic heterocycles. The Bertz CT molecular complexity index is 1460. The molecule has 1 aliphatic rings. The molecule has 37 heavy (non-hydrogen) atoms. The number of esters is 1. The van der Waals surface area contributed by atoms with E-state index in [2.05, 4.69) is 33.1 Å². The number of carbonyl (C=O) groups is 2. The summed E-state index contributed by atoms with van der Waals surface area (Å²) < 4.78 is 7.51. The van der Waals surface area contributed by atoms with E-state index in [0.717, 1.165) is 66.3 Å². The molecular weight excluding hydrogens is 506 g/mol. The van der Waals surface area contributed by atoms with Gasteiger partial charge >= 0.3 is 5.97 Å². The fraction of sp³-hybridized carbons (Fsp3) is 0.444. The van der Waals surface area contributed by atoms with Crippen molar-refractivity contribution in [1.82, 2.24) is 19.7 Å². The number of ether oxygens (including phenoxy) is 1. The number of carbonyl (C=O) groups excluding carboxylic acids is 2. The van der Waals surface area contributed by atoms with E-state index in [1.165, 1.54) is 28.0 Å². The summed E-state index contributed by atoms with van der Waals surface area (Å²) in [4.78, 5) is 32.2. The van der Waals surface area contributed by atoms with Gasteiger partial charge in [-0.05, 0) is 57.1 Å². The normalized spacial score (nSPS) is 14.0. The van der Waals surface area contributed by atoms with Crippen LogP contribution in [0.4, 0.5) is 5.00 Å². The van der Waals surface area contributed by atoms with Crippen molar-refractivity contribution >= 4 is 62.0 Å². The molecule has 0 aliphatic heterocycles. The van der Waals surface area contributed by atoms with Gasteiger partial charge in [0.05, 0.1) is 22.9 Å². The number of nitrogens with zero attached hydrogens (tertiary/aromatic N) is 4. The Balaban J connectivity index is 1.42. The van der Waals surface area contributed by atoms with Gasteiger partial charge in [0.1, 0.15) is 10.5 Å². The van der Waals surface area contributed by atoms with Gasteiger partial charge in [0.25, 0.3) is 0 Å². The Morgan fingerprint density at radius 3 is 2.76 bits per heavy atom. The topological polar surface area (TPSA) is 99.0 Å². The predicted molar refractivity (Wildman–Crippen MR) is 149 cm³/mol. The highest BCUT2D eigenvalue weighted by atomic mass is 32.2. The highest BCUT2D eigenvalue weighted by molar-refractivity contribution is 8.00. The molecule has 194 valence electrons. The number of anilines is 1. The van der Waals surface area contributed by atoms with Crippen molar-refractivity contribution in [1.29, 1.82) is 0 Å². The third-order valence-corrected chi connectivity index (χ3v) is 9.02. The molecule has 1 atom stereocenters. The van der Waals surface area contributed by atoms with Crippen molar-refractivity contribution in [3.8, 4) is 0 Å². The van der Waals surface area contributed by atoms with Crippen LogP contribution in [0.25, 0.3) is 22.1 Å². The molecule has 4 aromatic rings. The molecule has 1 aromatic carbocycles. The summed E-state index contributed by atoms with van der Waals surface area (Å²) in [5, 5.41) is 13.6. The minimum absolute atomic E-state index is 0.172. The molecule has 0 unspecified atom stereocenters. The lowest BCUT2D eigenvalue weighted by Gasteiger charge is -2.14. The van der Waals surface area contributed by atoms with Gasteiger partial charge in [-0.2, -0.15) is 0 Å². The second-order valence-electron chi connectivity index (χ2n) is 9.07. The molecule has 1 aliphatic carbocycles. The first-order valence-corrected chi connectivity index (χ1v) is 14.7. The van der Waals surface area contributed by atoms with Crippen molar-refractivity contribution in [3.63, 3.8) is 0 Å². The monoisotopic (exact) mass is 537 g/mol. The quantitative estimate of drug-likeness (QED) is 0.206. The molecule has 0 saturated carbocycles. The molecule has 1 amide bonds. The maximum Gasteiger partial charge on any atom is 0.341 e. The van der Waals surface area contributed by atoms with Crippen molar-refractivity contribution in [3.05, 3.63) is 40.3 Å². The standard InChI is InChI=1S/C27H31N5O3S2/c1-4-15-32-18-13-9-7-11-16(18)22-23(32)28-27(31-30-22)37-19(5-2)24(33)29-25-21(26(34)35-6-3)17-12-8-10-14-20(17)36-25/h7,9,11,13,19H,4-6,8,10,12,14-15H2,1-3H3,(H,29,33)/t19-/m1/s1. The second-order valence-corrected chi connectivity index (χ2v) is 11.3. The zero-order valence-electron chi connectivity index (χ0n) is 21.4. The summed E-state index contributed by atoms with van der Waals surface area (Å²) in [5.41, 5.74) is 4.20. The number of aryl methyl sites for hydroxylation is 2. The Hall–Kier alpha value is -2.98. The number of nitrogens with one attached hydrogen (secondary N) is 1. The summed E-state index contributed by atoms with van der Waals surface area (Å²) in [6, 6.07) is 8.12. The van der Waals surface area contributed by atoms with E-state index in [-0.39, 0.29) is 11.9 Å². The van der Waals surface area contributed by atoms with Crippen LogP contribution >= 0.6 is 23.1 Å². The van der Waals surface area contributed by atoms with Crippen molar-refractivity contribution in [2.45, 2.75) is 76.2 Å². The van der Waals surface area contributed by atoms with Crippen LogP contribution in [0.2, 0.25) is 0 Å². The number of thiophene rings is 1. The average molecular weight is 538 g/mol. The number of aromatic nitrogens is 4.